The van der Waals surface area contributed by atoms with Crippen LogP contribution < -0.4 is 0 Å². The van der Waals surface area contributed by atoms with Gasteiger partial charge in [0.15, 0.2) is 5.78 Å². The Hall–Kier alpha value is -3.80. The van der Waals surface area contributed by atoms with Crippen LogP contribution in [0, 0.1) is 13.8 Å². The second-order valence-corrected chi connectivity index (χ2v) is 10.1. The minimum Gasteiger partial charge on any atom is -0.289 e. The molecule has 4 aromatic rings. The lowest BCUT2D eigenvalue weighted by atomic mass is 9.94. The maximum absolute atomic E-state index is 13.5. The van der Waals surface area contributed by atoms with Gasteiger partial charge in [0, 0.05) is 35.8 Å². The van der Waals surface area contributed by atoms with Crippen LogP contribution in [0.1, 0.15) is 33.5 Å². The molecule has 0 aliphatic carbocycles. The number of carbonyl (C=O) groups is 1. The second kappa shape index (κ2) is 11.1. The smallest absolute Gasteiger partial charge is 0.187 e. The van der Waals surface area contributed by atoms with Crippen LogP contribution in [0.15, 0.2) is 90.1 Å². The van der Waals surface area contributed by atoms with Gasteiger partial charge in [0.25, 0.3) is 0 Å². The summed E-state index contributed by atoms with van der Waals surface area (Å²) in [6, 6.07) is 24.2. The highest BCUT2D eigenvalue weighted by molar-refractivity contribution is 6.30. The van der Waals surface area contributed by atoms with E-state index in [1.165, 1.54) is 11.1 Å². The number of nitrogens with zero attached hydrogens (tertiary/aromatic N) is 4. The zero-order valence-electron chi connectivity index (χ0n) is 21.1. The Morgan fingerprint density at radius 3 is 2.00 bits per heavy atom. The Bertz CT molecular complexity index is 1400. The third-order valence-corrected chi connectivity index (χ3v) is 6.65. The number of benzene rings is 3. The predicted octanol–water partition coefficient (Wildman–Crippen LogP) is 6.15. The van der Waals surface area contributed by atoms with Crippen LogP contribution in [-0.2, 0) is 17.9 Å². The molecule has 0 amide bonds. The Balaban J connectivity index is 1.39. The average Bonchev–Trinajstić information content (AvgIpc) is 3.31. The molecule has 3 aromatic carbocycles. The zero-order chi connectivity index (χ0) is 25.8. The number of hydrogen-bond acceptors (Lipinski definition) is 4. The van der Waals surface area contributed by atoms with Crippen LogP contribution in [0.3, 0.4) is 0 Å². The van der Waals surface area contributed by atoms with E-state index in [-0.39, 0.29) is 5.78 Å². The summed E-state index contributed by atoms with van der Waals surface area (Å²) in [5.41, 5.74) is 7.93. The number of piperidine rings is 1. The number of ketones is 1. The highest BCUT2D eigenvalue weighted by atomic mass is 35.5. The highest BCUT2D eigenvalue weighted by Crippen LogP contribution is 2.24. The third-order valence-electron chi connectivity index (χ3n) is 6.41. The van der Waals surface area contributed by atoms with Gasteiger partial charge in [-0.3, -0.25) is 9.69 Å². The van der Waals surface area contributed by atoms with Gasteiger partial charge in [0.1, 0.15) is 0 Å². The van der Waals surface area contributed by atoms with E-state index in [2.05, 4.69) is 77.6 Å². The van der Waals surface area contributed by atoms with Crippen molar-refractivity contribution in [1.82, 2.24) is 19.9 Å². The van der Waals surface area contributed by atoms with Crippen LogP contribution in [0.25, 0.3) is 12.2 Å². The lowest BCUT2D eigenvalue weighted by molar-refractivity contribution is -0.113. The summed E-state index contributed by atoms with van der Waals surface area (Å²) < 4.78 is 1.82. The number of rotatable bonds is 6. The number of aromatic nitrogens is 3. The second-order valence-electron chi connectivity index (χ2n) is 9.67. The number of Topliss-reactive ketones (excluding diaryl/α,β-unsaturated/α-hetero) is 1. The SMILES string of the molecule is Cc1ccc(/C=C2\CN(Cc3cn(Cc4cccc(Cl)c4)nn3)C/C(=C\c3ccc(C)cc3)C2=O)cc1. The monoisotopic (exact) mass is 508 g/mol. The Kier molecular flexibility index (Phi) is 7.45. The number of likely N-dealkylation sites (tertiary alicyclic amines) is 1. The summed E-state index contributed by atoms with van der Waals surface area (Å²) in [6.45, 7) is 6.43. The van der Waals surface area contributed by atoms with Gasteiger partial charge in [0.05, 0.1) is 18.4 Å². The summed E-state index contributed by atoms with van der Waals surface area (Å²) in [7, 11) is 0. The first-order valence-corrected chi connectivity index (χ1v) is 12.7. The van der Waals surface area contributed by atoms with Gasteiger partial charge >= 0.3 is 0 Å². The topological polar surface area (TPSA) is 51.0 Å². The molecule has 0 unspecified atom stereocenters. The van der Waals surface area contributed by atoms with E-state index in [4.69, 9.17) is 11.6 Å². The van der Waals surface area contributed by atoms with Crippen molar-refractivity contribution in [3.63, 3.8) is 0 Å². The minimum absolute atomic E-state index is 0.0991. The van der Waals surface area contributed by atoms with Crippen LogP contribution in [0.5, 0.6) is 0 Å². The molecule has 2 heterocycles. The minimum atomic E-state index is 0.0991. The van der Waals surface area contributed by atoms with Crippen LogP contribution in [0.2, 0.25) is 5.02 Å². The van der Waals surface area contributed by atoms with Crippen molar-refractivity contribution < 1.29 is 4.79 Å². The summed E-state index contributed by atoms with van der Waals surface area (Å²) in [5.74, 6) is 0.0991. The maximum atomic E-state index is 13.5. The quantitative estimate of drug-likeness (QED) is 0.293. The molecule has 0 spiro atoms. The molecular formula is C31H29ClN4O. The molecule has 5 nitrogen and oxygen atoms in total. The van der Waals surface area contributed by atoms with Crippen LogP contribution in [0.4, 0.5) is 0 Å². The first kappa shape index (κ1) is 24.9. The summed E-state index contributed by atoms with van der Waals surface area (Å²) in [6.07, 6.45) is 5.98. The molecule has 1 saturated heterocycles. The van der Waals surface area contributed by atoms with Crippen LogP contribution in [-0.4, -0.2) is 38.8 Å². The first-order chi connectivity index (χ1) is 17.9. The molecule has 186 valence electrons. The van der Waals surface area contributed by atoms with Gasteiger partial charge in [0.2, 0.25) is 0 Å². The molecular weight excluding hydrogens is 480 g/mol. The fraction of sp³-hybridized carbons (Fsp3) is 0.194. The van der Waals surface area contributed by atoms with E-state index in [0.717, 1.165) is 33.5 Å². The van der Waals surface area contributed by atoms with E-state index in [1.807, 2.05) is 47.3 Å². The number of aryl methyl sites for hydroxylation is 2. The van der Waals surface area contributed by atoms with Gasteiger partial charge in [-0.2, -0.15) is 0 Å². The summed E-state index contributed by atoms with van der Waals surface area (Å²) in [4.78, 5) is 15.7. The van der Waals surface area contributed by atoms with Crippen molar-refractivity contribution in [2.45, 2.75) is 26.9 Å². The Morgan fingerprint density at radius 1 is 0.838 bits per heavy atom. The van der Waals surface area contributed by atoms with E-state index in [0.29, 0.717) is 31.2 Å². The van der Waals surface area contributed by atoms with Crippen LogP contribution >= 0.6 is 11.6 Å². The molecule has 1 fully saturated rings. The largest absolute Gasteiger partial charge is 0.289 e. The molecule has 0 radical (unpaired) electrons. The van der Waals surface area contributed by atoms with Crippen molar-refractivity contribution in [3.05, 3.63) is 129 Å². The van der Waals surface area contributed by atoms with E-state index < -0.39 is 0 Å². The highest BCUT2D eigenvalue weighted by Gasteiger charge is 2.26. The van der Waals surface area contributed by atoms with Gasteiger partial charge < -0.3 is 0 Å². The molecule has 0 bridgehead atoms. The van der Waals surface area contributed by atoms with E-state index >= 15 is 0 Å². The molecule has 0 N–H and O–H groups in total. The number of hydrogen-bond donors (Lipinski definition) is 0. The van der Waals surface area contributed by atoms with Crippen molar-refractivity contribution in [3.8, 4) is 0 Å². The molecule has 1 aliphatic heterocycles. The Labute approximate surface area is 222 Å². The molecule has 0 saturated carbocycles. The first-order valence-electron chi connectivity index (χ1n) is 12.4. The average molecular weight is 509 g/mol. The number of halogens is 1. The molecule has 1 aliphatic rings. The lowest BCUT2D eigenvalue weighted by Gasteiger charge is -2.29. The molecule has 0 atom stereocenters. The zero-order valence-corrected chi connectivity index (χ0v) is 21.8. The Morgan fingerprint density at radius 2 is 1.43 bits per heavy atom. The van der Waals surface area contributed by atoms with Crippen molar-refractivity contribution >= 4 is 29.5 Å². The normalized spacial score (nSPS) is 16.6. The summed E-state index contributed by atoms with van der Waals surface area (Å²) >= 11 is 6.13. The van der Waals surface area contributed by atoms with Crippen molar-refractivity contribution in [2.24, 2.45) is 0 Å². The van der Waals surface area contributed by atoms with Gasteiger partial charge in [-0.15, -0.1) is 5.10 Å². The number of carbonyl (C=O) groups excluding carboxylic acids is 1. The van der Waals surface area contributed by atoms with Crippen molar-refractivity contribution in [1.29, 1.82) is 0 Å². The van der Waals surface area contributed by atoms with E-state index in [1.54, 1.807) is 0 Å². The lowest BCUT2D eigenvalue weighted by Crippen LogP contribution is -2.37. The van der Waals surface area contributed by atoms with E-state index in [9.17, 15) is 4.79 Å². The third kappa shape index (κ3) is 6.50. The fourth-order valence-electron chi connectivity index (χ4n) is 4.49. The van der Waals surface area contributed by atoms with Gasteiger partial charge in [-0.1, -0.05) is 88.6 Å². The van der Waals surface area contributed by atoms with Gasteiger partial charge in [-0.25, -0.2) is 4.68 Å². The molecule has 5 rings (SSSR count). The molecule has 37 heavy (non-hydrogen) atoms. The maximum Gasteiger partial charge on any atom is 0.187 e. The summed E-state index contributed by atoms with van der Waals surface area (Å²) in [5, 5.41) is 9.42. The van der Waals surface area contributed by atoms with Gasteiger partial charge in [-0.05, 0) is 54.8 Å². The standard InChI is InChI=1S/C31H29ClN4O/c1-22-6-10-24(11-7-22)14-27-18-35(19-28(31(27)37)15-25-12-8-23(2)9-13-25)20-30-21-36(34-33-30)17-26-4-3-5-29(32)16-26/h3-16,21H,17-20H2,1-2H3/b27-14+,28-15+. The molecule has 1 aromatic heterocycles. The fourth-order valence-corrected chi connectivity index (χ4v) is 4.70. The van der Waals surface area contributed by atoms with Crippen molar-refractivity contribution in [2.75, 3.05) is 13.1 Å². The molecule has 6 heteroatoms. The predicted molar refractivity (Wildman–Crippen MR) is 149 cm³/mol.